The largest absolute Gasteiger partial charge is 0.504 e. The zero-order valence-corrected chi connectivity index (χ0v) is 9.38. The van der Waals surface area contributed by atoms with Crippen molar-refractivity contribution in [3.8, 4) is 5.75 Å². The second kappa shape index (κ2) is 5.23. The number of carbonyl (C=O) groups excluding carboxylic acids is 1. The molecule has 1 aromatic carbocycles. The number of carbonyl (C=O) groups is 1. The number of phenols is 1. The highest BCUT2D eigenvalue weighted by Gasteiger charge is 2.11. The van der Waals surface area contributed by atoms with E-state index in [4.69, 9.17) is 0 Å². The minimum absolute atomic E-state index is 0.0674. The van der Waals surface area contributed by atoms with Gasteiger partial charge in [0.2, 0.25) is 0 Å². The van der Waals surface area contributed by atoms with Crippen molar-refractivity contribution in [2.24, 2.45) is 0 Å². The van der Waals surface area contributed by atoms with Crippen LogP contribution >= 0.6 is 0 Å². The van der Waals surface area contributed by atoms with E-state index in [2.05, 4.69) is 4.98 Å². The predicted octanol–water partition coefficient (Wildman–Crippen LogP) is 2.82. The maximum atomic E-state index is 13.1. The van der Waals surface area contributed by atoms with Crippen molar-refractivity contribution >= 4 is 11.9 Å². The van der Waals surface area contributed by atoms with Gasteiger partial charge in [0.1, 0.15) is 0 Å². The number of ketones is 1. The van der Waals surface area contributed by atoms with Crippen LogP contribution in [-0.2, 0) is 0 Å². The lowest BCUT2D eigenvalue weighted by Gasteiger charge is -2.00. The molecule has 0 spiro atoms. The highest BCUT2D eigenvalue weighted by atomic mass is 19.1. The molecule has 0 saturated heterocycles. The number of allylic oxidation sites excluding steroid dienone is 1. The van der Waals surface area contributed by atoms with Gasteiger partial charge in [0.25, 0.3) is 0 Å². The lowest BCUT2D eigenvalue weighted by molar-refractivity contribution is 0.104. The van der Waals surface area contributed by atoms with Crippen LogP contribution in [0.15, 0.2) is 48.7 Å². The molecule has 1 heterocycles. The second-order valence-corrected chi connectivity index (χ2v) is 3.59. The lowest BCUT2D eigenvalue weighted by Crippen LogP contribution is -1.96. The summed E-state index contributed by atoms with van der Waals surface area (Å²) in [5.41, 5.74) is 0.545. The summed E-state index contributed by atoms with van der Waals surface area (Å²) in [6.45, 7) is 0. The number of para-hydroxylation sites is 1. The van der Waals surface area contributed by atoms with E-state index in [1.165, 1.54) is 24.3 Å². The van der Waals surface area contributed by atoms with Gasteiger partial charge in [0.05, 0.1) is 11.3 Å². The van der Waals surface area contributed by atoms with Gasteiger partial charge in [-0.1, -0.05) is 12.1 Å². The van der Waals surface area contributed by atoms with E-state index < -0.39 is 17.3 Å². The zero-order valence-electron chi connectivity index (χ0n) is 9.38. The van der Waals surface area contributed by atoms with Crippen LogP contribution in [0.5, 0.6) is 5.75 Å². The number of hydrogen-bond acceptors (Lipinski definition) is 3. The van der Waals surface area contributed by atoms with Gasteiger partial charge in [-0.05, 0) is 36.4 Å². The number of aromatic hydroxyl groups is 1. The fourth-order valence-electron chi connectivity index (χ4n) is 1.44. The van der Waals surface area contributed by atoms with Crippen LogP contribution < -0.4 is 0 Å². The van der Waals surface area contributed by atoms with Gasteiger partial charge >= 0.3 is 0 Å². The Labute approximate surface area is 103 Å². The molecule has 0 amide bonds. The van der Waals surface area contributed by atoms with Gasteiger partial charge < -0.3 is 5.11 Å². The first-order chi connectivity index (χ1) is 8.68. The summed E-state index contributed by atoms with van der Waals surface area (Å²) in [5, 5.41) is 9.42. The molecule has 0 fully saturated rings. The van der Waals surface area contributed by atoms with E-state index in [-0.39, 0.29) is 5.56 Å². The highest BCUT2D eigenvalue weighted by Crippen LogP contribution is 2.21. The molecule has 1 aromatic heterocycles. The summed E-state index contributed by atoms with van der Waals surface area (Å²) in [6, 6.07) is 9.11. The molecule has 2 aromatic rings. The van der Waals surface area contributed by atoms with Gasteiger partial charge in [-0.3, -0.25) is 9.78 Å². The van der Waals surface area contributed by atoms with Crippen molar-refractivity contribution in [1.82, 2.24) is 4.98 Å². The quantitative estimate of drug-likeness (QED) is 0.666. The number of phenolic OH excluding ortho intramolecular Hbond substituents is 1. The van der Waals surface area contributed by atoms with E-state index in [1.54, 1.807) is 24.4 Å². The van der Waals surface area contributed by atoms with Gasteiger partial charge in [-0.25, -0.2) is 4.39 Å². The molecule has 0 radical (unpaired) electrons. The monoisotopic (exact) mass is 243 g/mol. The van der Waals surface area contributed by atoms with Crippen LogP contribution in [0.25, 0.3) is 6.08 Å². The Bertz CT molecular complexity index is 594. The topological polar surface area (TPSA) is 50.2 Å². The molecule has 4 heteroatoms. The Kier molecular flexibility index (Phi) is 3.48. The first kappa shape index (κ1) is 12.0. The van der Waals surface area contributed by atoms with Crippen molar-refractivity contribution in [3.05, 3.63) is 65.7 Å². The molecule has 0 bridgehead atoms. The molecule has 3 nitrogen and oxygen atoms in total. The molecule has 0 atom stereocenters. The van der Waals surface area contributed by atoms with Crippen LogP contribution in [0.2, 0.25) is 0 Å². The van der Waals surface area contributed by atoms with Crippen LogP contribution in [0.4, 0.5) is 4.39 Å². The standard InChI is InChI=1S/C14H10FNO2/c15-12-6-3-5-11(14(12)18)13(17)8-7-10-4-1-2-9-16-10/h1-9,18H. The van der Waals surface area contributed by atoms with E-state index in [0.717, 1.165) is 6.07 Å². The first-order valence-corrected chi connectivity index (χ1v) is 5.29. The van der Waals surface area contributed by atoms with E-state index >= 15 is 0 Å². The minimum Gasteiger partial charge on any atom is -0.504 e. The Balaban J connectivity index is 2.23. The van der Waals surface area contributed by atoms with Crippen LogP contribution in [0.1, 0.15) is 16.1 Å². The summed E-state index contributed by atoms with van der Waals surface area (Å²) >= 11 is 0. The number of halogens is 1. The van der Waals surface area contributed by atoms with Crippen LogP contribution in [-0.4, -0.2) is 15.9 Å². The molecular weight excluding hydrogens is 233 g/mol. The van der Waals surface area contributed by atoms with E-state index in [0.29, 0.717) is 5.69 Å². The third-order valence-corrected chi connectivity index (χ3v) is 2.35. The number of aromatic nitrogens is 1. The summed E-state index contributed by atoms with van der Waals surface area (Å²) < 4.78 is 13.1. The molecule has 2 rings (SSSR count). The summed E-state index contributed by atoms with van der Waals surface area (Å²) in [6.07, 6.45) is 4.35. The maximum Gasteiger partial charge on any atom is 0.189 e. The Morgan fingerprint density at radius 1 is 1.22 bits per heavy atom. The van der Waals surface area contributed by atoms with Crippen LogP contribution in [0.3, 0.4) is 0 Å². The minimum atomic E-state index is -0.813. The molecule has 0 saturated carbocycles. The lowest BCUT2D eigenvalue weighted by atomic mass is 10.1. The number of hydrogen-bond donors (Lipinski definition) is 1. The summed E-state index contributed by atoms with van der Waals surface area (Å²) in [4.78, 5) is 15.8. The Hall–Kier alpha value is -2.49. The Morgan fingerprint density at radius 2 is 2.06 bits per heavy atom. The number of nitrogens with zero attached hydrogens (tertiary/aromatic N) is 1. The zero-order chi connectivity index (χ0) is 13.0. The maximum absolute atomic E-state index is 13.1. The Morgan fingerprint density at radius 3 is 2.78 bits per heavy atom. The molecule has 90 valence electrons. The summed E-state index contributed by atoms with van der Waals surface area (Å²) in [5.74, 6) is -1.92. The number of rotatable bonds is 3. The van der Waals surface area contributed by atoms with Gasteiger partial charge in [-0.15, -0.1) is 0 Å². The van der Waals surface area contributed by atoms with Crippen molar-refractivity contribution in [1.29, 1.82) is 0 Å². The SMILES string of the molecule is O=C(C=Cc1ccccn1)c1cccc(F)c1O. The van der Waals surface area contributed by atoms with Gasteiger partial charge in [0.15, 0.2) is 17.3 Å². The fraction of sp³-hybridized carbons (Fsp3) is 0. The molecular formula is C14H10FNO2. The highest BCUT2D eigenvalue weighted by molar-refractivity contribution is 6.08. The second-order valence-electron chi connectivity index (χ2n) is 3.59. The first-order valence-electron chi connectivity index (χ1n) is 5.29. The normalized spacial score (nSPS) is 10.7. The van der Waals surface area contributed by atoms with Crippen molar-refractivity contribution in [2.75, 3.05) is 0 Å². The fourth-order valence-corrected chi connectivity index (χ4v) is 1.44. The summed E-state index contributed by atoms with van der Waals surface area (Å²) in [7, 11) is 0. The van der Waals surface area contributed by atoms with Crippen molar-refractivity contribution < 1.29 is 14.3 Å². The van der Waals surface area contributed by atoms with Gasteiger partial charge in [0, 0.05) is 6.20 Å². The molecule has 18 heavy (non-hydrogen) atoms. The molecule has 0 unspecified atom stereocenters. The van der Waals surface area contributed by atoms with E-state index in [9.17, 15) is 14.3 Å². The third-order valence-electron chi connectivity index (χ3n) is 2.35. The number of pyridine rings is 1. The molecule has 0 aliphatic rings. The third kappa shape index (κ3) is 2.60. The molecule has 0 aliphatic carbocycles. The van der Waals surface area contributed by atoms with Crippen molar-refractivity contribution in [2.45, 2.75) is 0 Å². The molecule has 1 N–H and O–H groups in total. The average Bonchev–Trinajstić information content (AvgIpc) is 2.40. The smallest absolute Gasteiger partial charge is 0.189 e. The average molecular weight is 243 g/mol. The predicted molar refractivity (Wildman–Crippen MR) is 65.7 cm³/mol. The number of benzene rings is 1. The molecule has 0 aliphatic heterocycles. The van der Waals surface area contributed by atoms with Gasteiger partial charge in [-0.2, -0.15) is 0 Å². The van der Waals surface area contributed by atoms with E-state index in [1.807, 2.05) is 0 Å². The van der Waals surface area contributed by atoms with Crippen molar-refractivity contribution in [3.63, 3.8) is 0 Å². The van der Waals surface area contributed by atoms with Crippen LogP contribution in [0, 0.1) is 5.82 Å².